The van der Waals surface area contributed by atoms with E-state index in [9.17, 15) is 9.59 Å². The van der Waals surface area contributed by atoms with Crippen LogP contribution in [0.3, 0.4) is 0 Å². The van der Waals surface area contributed by atoms with Gasteiger partial charge >= 0.3 is 0 Å². The Balaban J connectivity index is 1.65. The SMILES string of the molecule is COc1ccccc1CC(C)N(C)C(=O)COCCOCC(=O)N(C)C(C)Cc1ccccc1OC. The lowest BCUT2D eigenvalue weighted by molar-refractivity contribution is -0.140. The zero-order valence-corrected chi connectivity index (χ0v) is 22.4. The minimum Gasteiger partial charge on any atom is -0.496 e. The van der Waals surface area contributed by atoms with Crippen molar-refractivity contribution >= 4 is 11.8 Å². The van der Waals surface area contributed by atoms with Gasteiger partial charge in [0.05, 0.1) is 27.4 Å². The maximum Gasteiger partial charge on any atom is 0.248 e. The third kappa shape index (κ3) is 8.84. The number of benzene rings is 2. The number of likely N-dealkylation sites (N-methyl/N-ethyl adjacent to an activating group) is 2. The van der Waals surface area contributed by atoms with E-state index in [1.807, 2.05) is 62.4 Å². The zero-order valence-electron chi connectivity index (χ0n) is 22.4. The van der Waals surface area contributed by atoms with Gasteiger partial charge in [-0.3, -0.25) is 9.59 Å². The van der Waals surface area contributed by atoms with E-state index in [1.165, 1.54) is 0 Å². The zero-order chi connectivity index (χ0) is 26.5. The van der Waals surface area contributed by atoms with Crippen LogP contribution in [0.25, 0.3) is 0 Å². The molecule has 2 unspecified atom stereocenters. The number of hydrogen-bond acceptors (Lipinski definition) is 6. The van der Waals surface area contributed by atoms with Gasteiger partial charge in [-0.1, -0.05) is 36.4 Å². The fourth-order valence-corrected chi connectivity index (χ4v) is 3.79. The summed E-state index contributed by atoms with van der Waals surface area (Å²) in [7, 11) is 6.82. The normalized spacial score (nSPS) is 12.5. The number of amides is 2. The molecule has 8 nitrogen and oxygen atoms in total. The predicted molar refractivity (Wildman–Crippen MR) is 139 cm³/mol. The Hall–Kier alpha value is -3.10. The van der Waals surface area contributed by atoms with Gasteiger partial charge in [0.2, 0.25) is 11.8 Å². The van der Waals surface area contributed by atoms with Crippen molar-refractivity contribution in [2.75, 3.05) is 54.7 Å². The molecule has 198 valence electrons. The Labute approximate surface area is 215 Å². The number of methoxy groups -OCH3 is 2. The molecule has 0 aliphatic carbocycles. The third-order valence-electron chi connectivity index (χ3n) is 6.35. The molecule has 8 heteroatoms. The smallest absolute Gasteiger partial charge is 0.248 e. The van der Waals surface area contributed by atoms with Crippen LogP contribution in [0.1, 0.15) is 25.0 Å². The molecule has 2 amide bonds. The molecule has 0 spiro atoms. The molecule has 0 radical (unpaired) electrons. The highest BCUT2D eigenvalue weighted by molar-refractivity contribution is 5.78. The van der Waals surface area contributed by atoms with Crippen LogP contribution in [0.2, 0.25) is 0 Å². The highest BCUT2D eigenvalue weighted by Gasteiger charge is 2.19. The summed E-state index contributed by atoms with van der Waals surface area (Å²) in [6.45, 7) is 4.36. The van der Waals surface area contributed by atoms with Crippen molar-refractivity contribution in [2.24, 2.45) is 0 Å². The average molecular weight is 501 g/mol. The fraction of sp³-hybridized carbons (Fsp3) is 0.500. The first-order chi connectivity index (χ1) is 17.3. The second kappa shape index (κ2) is 15.1. The van der Waals surface area contributed by atoms with E-state index in [1.54, 1.807) is 38.1 Å². The first kappa shape index (κ1) is 29.1. The predicted octanol–water partition coefficient (Wildman–Crippen LogP) is 3.22. The molecule has 0 aromatic heterocycles. The summed E-state index contributed by atoms with van der Waals surface area (Å²) in [5, 5.41) is 0. The van der Waals surface area contributed by atoms with E-state index < -0.39 is 0 Å². The summed E-state index contributed by atoms with van der Waals surface area (Å²) in [4.78, 5) is 28.3. The van der Waals surface area contributed by atoms with Crippen LogP contribution in [0, 0.1) is 0 Å². The van der Waals surface area contributed by atoms with E-state index in [2.05, 4.69) is 0 Å². The highest BCUT2D eigenvalue weighted by atomic mass is 16.5. The van der Waals surface area contributed by atoms with Gasteiger partial charge in [0.15, 0.2) is 0 Å². The monoisotopic (exact) mass is 500 g/mol. The van der Waals surface area contributed by atoms with E-state index in [0.717, 1.165) is 22.6 Å². The van der Waals surface area contributed by atoms with Gasteiger partial charge in [-0.15, -0.1) is 0 Å². The van der Waals surface area contributed by atoms with Crippen LogP contribution in [-0.4, -0.2) is 88.4 Å². The quantitative estimate of drug-likeness (QED) is 0.350. The summed E-state index contributed by atoms with van der Waals surface area (Å²) < 4.78 is 21.7. The molecular formula is C28H40N2O6. The van der Waals surface area contributed by atoms with Crippen molar-refractivity contribution in [3.63, 3.8) is 0 Å². The molecule has 0 N–H and O–H groups in total. The molecule has 2 aromatic rings. The molecule has 0 saturated heterocycles. The second-order valence-corrected chi connectivity index (χ2v) is 8.84. The van der Waals surface area contributed by atoms with Gasteiger partial charge in [-0.05, 0) is 49.9 Å². The van der Waals surface area contributed by atoms with E-state index in [0.29, 0.717) is 12.8 Å². The lowest BCUT2D eigenvalue weighted by Crippen LogP contribution is -2.39. The number of ether oxygens (including phenoxy) is 4. The second-order valence-electron chi connectivity index (χ2n) is 8.84. The first-order valence-electron chi connectivity index (χ1n) is 12.2. The Morgan fingerprint density at radius 2 is 1.06 bits per heavy atom. The summed E-state index contributed by atoms with van der Waals surface area (Å²) in [5.74, 6) is 1.40. The molecule has 2 aromatic carbocycles. The number of nitrogens with zero attached hydrogens (tertiary/aromatic N) is 2. The van der Waals surface area contributed by atoms with Crippen molar-refractivity contribution in [1.82, 2.24) is 9.80 Å². The maximum atomic E-state index is 12.5. The van der Waals surface area contributed by atoms with Crippen LogP contribution in [0.5, 0.6) is 11.5 Å². The third-order valence-corrected chi connectivity index (χ3v) is 6.35. The van der Waals surface area contributed by atoms with Gasteiger partial charge in [0.1, 0.15) is 24.7 Å². The van der Waals surface area contributed by atoms with E-state index >= 15 is 0 Å². The van der Waals surface area contributed by atoms with Gasteiger partial charge < -0.3 is 28.7 Å². The molecule has 36 heavy (non-hydrogen) atoms. The molecule has 0 saturated carbocycles. The Morgan fingerprint density at radius 3 is 1.42 bits per heavy atom. The average Bonchev–Trinajstić information content (AvgIpc) is 2.89. The van der Waals surface area contributed by atoms with Crippen LogP contribution in [0.15, 0.2) is 48.5 Å². The molecule has 0 bridgehead atoms. The van der Waals surface area contributed by atoms with E-state index in [-0.39, 0.29) is 50.3 Å². The number of carbonyl (C=O) groups excluding carboxylic acids is 2. The molecule has 2 atom stereocenters. The maximum absolute atomic E-state index is 12.5. The number of hydrogen-bond donors (Lipinski definition) is 0. The lowest BCUT2D eigenvalue weighted by atomic mass is 10.1. The van der Waals surface area contributed by atoms with Crippen molar-refractivity contribution in [3.05, 3.63) is 59.7 Å². The number of para-hydroxylation sites is 2. The standard InChI is InChI=1S/C28H40N2O6/c1-21(17-23-11-7-9-13-25(23)33-5)29(3)27(31)19-35-15-16-36-20-28(32)30(4)22(2)18-24-12-8-10-14-26(24)34-6/h7-14,21-22H,15-20H2,1-6H3. The lowest BCUT2D eigenvalue weighted by Gasteiger charge is -2.26. The van der Waals surface area contributed by atoms with Gasteiger partial charge in [0, 0.05) is 26.2 Å². The van der Waals surface area contributed by atoms with Gasteiger partial charge in [-0.2, -0.15) is 0 Å². The van der Waals surface area contributed by atoms with Gasteiger partial charge in [0.25, 0.3) is 0 Å². The molecule has 2 rings (SSSR count). The van der Waals surface area contributed by atoms with Crippen LogP contribution < -0.4 is 9.47 Å². The molecule has 0 aliphatic rings. The van der Waals surface area contributed by atoms with Crippen molar-refractivity contribution in [3.8, 4) is 11.5 Å². The molecule has 0 heterocycles. The summed E-state index contributed by atoms with van der Waals surface area (Å²) >= 11 is 0. The van der Waals surface area contributed by atoms with Gasteiger partial charge in [-0.25, -0.2) is 0 Å². The van der Waals surface area contributed by atoms with Crippen molar-refractivity contribution in [2.45, 2.75) is 38.8 Å². The topological polar surface area (TPSA) is 77.5 Å². The molecule has 0 fully saturated rings. The molecule has 0 aliphatic heterocycles. The van der Waals surface area contributed by atoms with Crippen LogP contribution in [-0.2, 0) is 31.9 Å². The summed E-state index contributed by atoms with van der Waals surface area (Å²) in [6, 6.07) is 15.6. The van der Waals surface area contributed by atoms with E-state index in [4.69, 9.17) is 18.9 Å². The minimum absolute atomic E-state index is 0.0142. The minimum atomic E-state index is -0.113. The van der Waals surface area contributed by atoms with Crippen LogP contribution in [0.4, 0.5) is 0 Å². The Kier molecular flexibility index (Phi) is 12.2. The van der Waals surface area contributed by atoms with Crippen molar-refractivity contribution < 1.29 is 28.5 Å². The Bertz CT molecular complexity index is 889. The Morgan fingerprint density at radius 1 is 0.694 bits per heavy atom. The van der Waals surface area contributed by atoms with Crippen molar-refractivity contribution in [1.29, 1.82) is 0 Å². The summed E-state index contributed by atoms with van der Waals surface area (Å²) in [6.07, 6.45) is 1.36. The first-order valence-corrected chi connectivity index (χ1v) is 12.2. The number of rotatable bonds is 15. The fourth-order valence-electron chi connectivity index (χ4n) is 3.79. The van der Waals surface area contributed by atoms with Crippen LogP contribution >= 0.6 is 0 Å². The summed E-state index contributed by atoms with van der Waals surface area (Å²) in [5.41, 5.74) is 2.10. The highest BCUT2D eigenvalue weighted by Crippen LogP contribution is 2.21. The number of carbonyl (C=O) groups is 2. The largest absolute Gasteiger partial charge is 0.496 e. The molecular weight excluding hydrogens is 460 g/mol.